The Hall–Kier alpha value is -0.260. The summed E-state index contributed by atoms with van der Waals surface area (Å²) in [4.78, 5) is 2.86. The summed E-state index contributed by atoms with van der Waals surface area (Å²) < 4.78 is 0. The van der Waals surface area contributed by atoms with Crippen LogP contribution in [0.1, 0.15) is 5.69 Å². The first-order valence-corrected chi connectivity index (χ1v) is 2.04. The van der Waals surface area contributed by atoms with Crippen LogP contribution in [0.15, 0.2) is 12.5 Å². The molecule has 1 N–H and O–H groups in total. The number of rotatable bonds is 0. The first kappa shape index (κ1) is 7.74. The van der Waals surface area contributed by atoms with Gasteiger partial charge in [0.1, 0.15) is 11.9 Å². The van der Waals surface area contributed by atoms with Crippen LogP contribution >= 0.6 is 0 Å². The molecule has 1 aromatic heterocycles. The van der Waals surface area contributed by atoms with Crippen molar-refractivity contribution in [1.29, 1.82) is 0 Å². The van der Waals surface area contributed by atoms with Crippen molar-refractivity contribution in [3.05, 3.63) is 18.2 Å². The summed E-state index contributed by atoms with van der Waals surface area (Å²) in [6.45, 7) is 1.93. The number of halogens is 1. The lowest BCUT2D eigenvalue weighted by atomic mass is 10.6. The fraction of sp³-hybridized carbons (Fsp3) is 0.250. The van der Waals surface area contributed by atoms with E-state index in [4.69, 9.17) is 0 Å². The minimum Gasteiger partial charge on any atom is -1.00 e. The minimum atomic E-state index is 0. The van der Waals surface area contributed by atoms with E-state index < -0.39 is 0 Å². The summed E-state index contributed by atoms with van der Waals surface area (Å²) in [6, 6.07) is 0. The fourth-order valence-electron chi connectivity index (χ4n) is 0.321. The van der Waals surface area contributed by atoms with Gasteiger partial charge in [0.25, 0.3) is 0 Å². The maximum atomic E-state index is 3.60. The summed E-state index contributed by atoms with van der Waals surface area (Å²) in [5.41, 5.74) is 1.02. The summed E-state index contributed by atoms with van der Waals surface area (Å²) in [6.07, 6.45) is 3.22. The first-order valence-electron chi connectivity index (χ1n) is 2.04. The number of hydrogen-bond donors (Lipinski definition) is 0. The summed E-state index contributed by atoms with van der Waals surface area (Å²) in [5.74, 6) is 0. The molecule has 1 rings (SSSR count). The van der Waals surface area contributed by atoms with E-state index in [1.807, 2.05) is 6.92 Å². The Kier molecular flexibility index (Phi) is 3.59. The zero-order valence-electron chi connectivity index (χ0n) is 4.43. The van der Waals surface area contributed by atoms with Crippen LogP contribution < -0.4 is 29.0 Å². The molecule has 44 valence electrons. The maximum absolute atomic E-state index is 3.60. The van der Waals surface area contributed by atoms with Gasteiger partial charge in [-0.2, -0.15) is 0 Å². The Balaban J connectivity index is 0.000000490. The quantitative estimate of drug-likeness (QED) is 0.430. The molecular weight excluding hydrogens is 217 g/mol. The molecule has 8 heavy (non-hydrogen) atoms. The van der Waals surface area contributed by atoms with Crippen LogP contribution in [0.4, 0.5) is 0 Å². The number of aromatic amines is 1. The molecule has 0 aliphatic rings. The van der Waals surface area contributed by atoms with Gasteiger partial charge in [-0.05, 0) is 12.0 Å². The van der Waals surface area contributed by atoms with Gasteiger partial charge < -0.3 is 24.0 Å². The van der Waals surface area contributed by atoms with Gasteiger partial charge in [0.05, 0.1) is 5.10 Å². The normalized spacial score (nSPS) is 7.62. The van der Waals surface area contributed by atoms with Gasteiger partial charge in [-0.1, -0.05) is 0 Å². The lowest BCUT2D eigenvalue weighted by Gasteiger charge is -1.73. The van der Waals surface area contributed by atoms with Crippen molar-refractivity contribution in [2.75, 3.05) is 0 Å². The molecule has 3 nitrogen and oxygen atoms in total. The second-order valence-corrected chi connectivity index (χ2v) is 1.32. The van der Waals surface area contributed by atoms with E-state index in [-0.39, 0.29) is 24.0 Å². The molecule has 0 aromatic carbocycles. The molecule has 4 heteroatoms. The van der Waals surface area contributed by atoms with E-state index >= 15 is 0 Å². The number of nitrogens with zero attached hydrogens (tertiary/aromatic N) is 2. The maximum Gasteiger partial charge on any atom is 0.312 e. The van der Waals surface area contributed by atoms with E-state index in [1.54, 1.807) is 12.5 Å². The summed E-state index contributed by atoms with van der Waals surface area (Å²) in [5, 5.41) is 7.14. The largest absolute Gasteiger partial charge is 1.00 e. The Morgan fingerprint density at radius 2 is 2.25 bits per heavy atom. The van der Waals surface area contributed by atoms with Gasteiger partial charge in [-0.3, -0.25) is 0 Å². The monoisotopic (exact) mass is 223 g/mol. The van der Waals surface area contributed by atoms with Gasteiger partial charge in [-0.25, -0.2) is 4.98 Å². The minimum absolute atomic E-state index is 0. The van der Waals surface area contributed by atoms with Crippen molar-refractivity contribution in [2.45, 2.75) is 6.92 Å². The second-order valence-electron chi connectivity index (χ2n) is 1.32. The summed E-state index contributed by atoms with van der Waals surface area (Å²) >= 11 is 0. The lowest BCUT2D eigenvalue weighted by molar-refractivity contribution is -0.393. The van der Waals surface area contributed by atoms with Crippen molar-refractivity contribution in [3.8, 4) is 0 Å². The van der Waals surface area contributed by atoms with E-state index in [2.05, 4.69) is 15.2 Å². The van der Waals surface area contributed by atoms with E-state index in [9.17, 15) is 0 Å². The third-order valence-corrected chi connectivity index (χ3v) is 0.668. The van der Waals surface area contributed by atoms with Crippen LogP contribution in [0.2, 0.25) is 0 Å². The fourth-order valence-corrected chi connectivity index (χ4v) is 0.321. The number of H-pyrrole nitrogens is 1. The third kappa shape index (κ3) is 2.15. The van der Waals surface area contributed by atoms with Crippen LogP contribution in [-0.4, -0.2) is 10.2 Å². The Morgan fingerprint density at radius 1 is 1.50 bits per heavy atom. The van der Waals surface area contributed by atoms with Crippen LogP contribution in [0, 0.1) is 6.92 Å². The summed E-state index contributed by atoms with van der Waals surface area (Å²) in [7, 11) is 0. The number of nitrogens with one attached hydrogen (secondary N) is 1. The smallest absolute Gasteiger partial charge is 0.312 e. The molecule has 0 aliphatic carbocycles. The van der Waals surface area contributed by atoms with Gasteiger partial charge >= 0.3 is 6.33 Å². The highest BCUT2D eigenvalue weighted by molar-refractivity contribution is 4.74. The van der Waals surface area contributed by atoms with Gasteiger partial charge in [0.2, 0.25) is 0 Å². The average Bonchev–Trinajstić information content (AvgIpc) is 1.69. The number of aromatic nitrogens is 3. The van der Waals surface area contributed by atoms with Gasteiger partial charge in [-0.15, -0.1) is 0 Å². The van der Waals surface area contributed by atoms with Gasteiger partial charge in [0.15, 0.2) is 0 Å². The molecule has 0 unspecified atom stereocenters. The molecule has 1 aromatic rings. The molecular formula is C4H6IN3. The molecule has 0 saturated heterocycles. The number of aryl methyl sites for hydroxylation is 1. The standard InChI is InChI=1S/C4H5N3.HI/c1-4-2-6-7-3-5-4;/h2-3H,1H3;1H. The van der Waals surface area contributed by atoms with Crippen LogP contribution in [0.25, 0.3) is 0 Å². The van der Waals surface area contributed by atoms with Crippen molar-refractivity contribution in [1.82, 2.24) is 10.2 Å². The molecule has 0 bridgehead atoms. The third-order valence-electron chi connectivity index (χ3n) is 0.668. The molecule has 0 aliphatic heterocycles. The van der Waals surface area contributed by atoms with Crippen molar-refractivity contribution in [2.24, 2.45) is 0 Å². The van der Waals surface area contributed by atoms with E-state index in [0.717, 1.165) is 5.69 Å². The van der Waals surface area contributed by atoms with Crippen LogP contribution in [0.3, 0.4) is 0 Å². The second kappa shape index (κ2) is 3.71. The van der Waals surface area contributed by atoms with E-state index in [0.29, 0.717) is 0 Å². The van der Waals surface area contributed by atoms with Gasteiger partial charge in [0, 0.05) is 0 Å². The predicted molar refractivity (Wildman–Crippen MR) is 23.3 cm³/mol. The predicted octanol–water partition coefficient (Wildman–Crippen LogP) is -3.40. The molecule has 0 atom stereocenters. The van der Waals surface area contributed by atoms with E-state index in [1.165, 1.54) is 0 Å². The van der Waals surface area contributed by atoms with Crippen molar-refractivity contribution < 1.29 is 29.0 Å². The highest BCUT2D eigenvalue weighted by atomic mass is 127. The molecule has 0 radical (unpaired) electrons. The molecule has 0 spiro atoms. The highest BCUT2D eigenvalue weighted by Gasteiger charge is 1.83. The lowest BCUT2D eigenvalue weighted by Crippen LogP contribution is -3.00. The Bertz CT molecular complexity index is 141. The Morgan fingerprint density at radius 3 is 2.50 bits per heavy atom. The van der Waals surface area contributed by atoms with Crippen LogP contribution in [0.5, 0.6) is 0 Å². The number of hydrogen-bond acceptors (Lipinski definition) is 2. The van der Waals surface area contributed by atoms with Crippen molar-refractivity contribution >= 4 is 0 Å². The van der Waals surface area contributed by atoms with Crippen LogP contribution in [-0.2, 0) is 0 Å². The first-order chi connectivity index (χ1) is 3.39. The Labute approximate surface area is 64.6 Å². The SMILES string of the molecule is Cc1cnnc[nH+]1.[I-]. The highest BCUT2D eigenvalue weighted by Crippen LogP contribution is 1.71. The van der Waals surface area contributed by atoms with Crippen molar-refractivity contribution in [3.63, 3.8) is 0 Å². The zero-order valence-corrected chi connectivity index (χ0v) is 6.58. The molecule has 0 fully saturated rings. The molecule has 0 saturated carbocycles. The average molecular weight is 223 g/mol. The zero-order chi connectivity index (χ0) is 5.11. The molecule has 0 amide bonds. The topological polar surface area (TPSA) is 39.9 Å². The molecule has 1 heterocycles.